The quantitative estimate of drug-likeness (QED) is 0.749. The van der Waals surface area contributed by atoms with Crippen molar-refractivity contribution in [1.82, 2.24) is 24.9 Å². The summed E-state index contributed by atoms with van der Waals surface area (Å²) in [5, 5.41) is 11.5. The molecule has 0 atom stereocenters. The molecular formula is C15H14ClN5O2S. The van der Waals surface area contributed by atoms with E-state index in [1.807, 2.05) is 0 Å². The van der Waals surface area contributed by atoms with Gasteiger partial charge >= 0.3 is 0 Å². The van der Waals surface area contributed by atoms with Gasteiger partial charge in [-0.2, -0.15) is 0 Å². The average Bonchev–Trinajstić information content (AvgIpc) is 3.08. The Morgan fingerprint density at radius 2 is 2.00 bits per heavy atom. The molecule has 7 nitrogen and oxygen atoms in total. The van der Waals surface area contributed by atoms with Gasteiger partial charge in [0.25, 0.3) is 0 Å². The summed E-state index contributed by atoms with van der Waals surface area (Å²) in [6.07, 6.45) is 1.45. The van der Waals surface area contributed by atoms with Crippen LogP contribution in [0.25, 0.3) is 5.69 Å². The van der Waals surface area contributed by atoms with E-state index in [1.54, 1.807) is 43.3 Å². The number of halogens is 1. The number of hydrogen-bond acceptors (Lipinski definition) is 5. The molecule has 3 aromatic rings. The van der Waals surface area contributed by atoms with Gasteiger partial charge in [0.1, 0.15) is 6.33 Å². The maximum Gasteiger partial charge on any atom is 0.240 e. The molecule has 0 aliphatic carbocycles. The third-order valence-corrected chi connectivity index (χ3v) is 5.25. The molecule has 3 rings (SSSR count). The first kappa shape index (κ1) is 16.6. The zero-order valence-electron chi connectivity index (χ0n) is 12.7. The van der Waals surface area contributed by atoms with Crippen molar-refractivity contribution in [2.24, 2.45) is 0 Å². The molecule has 0 unspecified atom stereocenters. The second-order valence-corrected chi connectivity index (χ2v) is 7.29. The average molecular weight is 364 g/mol. The van der Waals surface area contributed by atoms with Gasteiger partial charge in [0, 0.05) is 11.6 Å². The summed E-state index contributed by atoms with van der Waals surface area (Å²) in [6.45, 7) is 1.92. The third-order valence-electron chi connectivity index (χ3n) is 3.48. The molecule has 1 aromatic heterocycles. The summed E-state index contributed by atoms with van der Waals surface area (Å²) in [4.78, 5) is 0.170. The van der Waals surface area contributed by atoms with Crippen molar-refractivity contribution >= 4 is 21.6 Å². The molecular weight excluding hydrogens is 350 g/mol. The lowest BCUT2D eigenvalue weighted by Gasteiger charge is -2.10. The molecule has 0 spiro atoms. The highest BCUT2D eigenvalue weighted by Gasteiger charge is 2.16. The predicted molar refractivity (Wildman–Crippen MR) is 89.4 cm³/mol. The fourth-order valence-corrected chi connectivity index (χ4v) is 3.52. The summed E-state index contributed by atoms with van der Waals surface area (Å²) in [6, 6.07) is 11.8. The third kappa shape index (κ3) is 3.45. The van der Waals surface area contributed by atoms with Gasteiger partial charge in [-0.3, -0.25) is 0 Å². The van der Waals surface area contributed by atoms with Crippen LogP contribution in [0.2, 0.25) is 5.02 Å². The lowest BCUT2D eigenvalue weighted by Crippen LogP contribution is -2.23. The lowest BCUT2D eigenvalue weighted by molar-refractivity contribution is 0.581. The van der Waals surface area contributed by atoms with E-state index in [4.69, 9.17) is 11.6 Å². The second kappa shape index (κ2) is 6.68. The molecule has 24 heavy (non-hydrogen) atoms. The maximum atomic E-state index is 12.5. The zero-order chi connectivity index (χ0) is 17.2. The number of rotatable bonds is 5. The molecule has 9 heteroatoms. The van der Waals surface area contributed by atoms with E-state index in [0.29, 0.717) is 16.3 Å². The minimum atomic E-state index is -3.65. The fourth-order valence-electron chi connectivity index (χ4n) is 2.22. The highest BCUT2D eigenvalue weighted by molar-refractivity contribution is 7.89. The molecule has 2 aromatic carbocycles. The van der Waals surface area contributed by atoms with Gasteiger partial charge in [-0.25, -0.2) is 17.8 Å². The van der Waals surface area contributed by atoms with Gasteiger partial charge in [-0.1, -0.05) is 29.8 Å². The van der Waals surface area contributed by atoms with Crippen molar-refractivity contribution in [3.8, 4) is 5.69 Å². The Bertz CT molecular complexity index is 958. The molecule has 1 N–H and O–H groups in total. The van der Waals surface area contributed by atoms with Gasteiger partial charge in [-0.05, 0) is 52.7 Å². The van der Waals surface area contributed by atoms with E-state index in [0.717, 1.165) is 5.56 Å². The topological polar surface area (TPSA) is 89.8 Å². The number of nitrogens with zero attached hydrogens (tertiary/aromatic N) is 4. The van der Waals surface area contributed by atoms with Crippen molar-refractivity contribution < 1.29 is 8.42 Å². The number of tetrazole rings is 1. The van der Waals surface area contributed by atoms with Crippen molar-refractivity contribution in [1.29, 1.82) is 0 Å². The fraction of sp³-hybridized carbons (Fsp3) is 0.133. The van der Waals surface area contributed by atoms with Crippen LogP contribution in [0.4, 0.5) is 0 Å². The van der Waals surface area contributed by atoms with Crippen LogP contribution in [0, 0.1) is 6.92 Å². The van der Waals surface area contributed by atoms with E-state index >= 15 is 0 Å². The SMILES string of the molecule is Cc1cc(S(=O)(=O)NCc2ccccc2Cl)ccc1-n1cnnn1. The Morgan fingerprint density at radius 3 is 2.67 bits per heavy atom. The summed E-state index contributed by atoms with van der Waals surface area (Å²) < 4.78 is 29.0. The van der Waals surface area contributed by atoms with Crippen LogP contribution in [0.3, 0.4) is 0 Å². The van der Waals surface area contributed by atoms with Crippen molar-refractivity contribution in [2.45, 2.75) is 18.4 Å². The predicted octanol–water partition coefficient (Wildman–Crippen LogP) is 2.10. The minimum Gasteiger partial charge on any atom is -0.207 e. The van der Waals surface area contributed by atoms with Gasteiger partial charge in [-0.15, -0.1) is 5.10 Å². The molecule has 0 saturated carbocycles. The molecule has 0 saturated heterocycles. The van der Waals surface area contributed by atoms with Gasteiger partial charge < -0.3 is 0 Å². The first-order chi connectivity index (χ1) is 11.5. The molecule has 1 heterocycles. The molecule has 0 aliphatic heterocycles. The van der Waals surface area contributed by atoms with Crippen molar-refractivity contribution in [3.63, 3.8) is 0 Å². The zero-order valence-corrected chi connectivity index (χ0v) is 14.3. The van der Waals surface area contributed by atoms with Crippen LogP contribution in [0.1, 0.15) is 11.1 Å². The first-order valence-corrected chi connectivity index (χ1v) is 8.90. The van der Waals surface area contributed by atoms with Gasteiger partial charge in [0.05, 0.1) is 10.6 Å². The standard InChI is InChI=1S/C15H14ClN5O2S/c1-11-8-13(6-7-15(11)21-10-17-19-20-21)24(22,23)18-9-12-4-2-3-5-14(12)16/h2-8,10,18H,9H2,1H3. The number of aromatic nitrogens is 4. The van der Waals surface area contributed by atoms with Crippen LogP contribution in [0.5, 0.6) is 0 Å². The highest BCUT2D eigenvalue weighted by Crippen LogP contribution is 2.19. The van der Waals surface area contributed by atoms with Crippen LogP contribution in [-0.2, 0) is 16.6 Å². The summed E-state index contributed by atoms with van der Waals surface area (Å²) in [5.74, 6) is 0. The second-order valence-electron chi connectivity index (χ2n) is 5.12. The molecule has 0 aliphatic rings. The Hall–Kier alpha value is -2.29. The van der Waals surface area contributed by atoms with Crippen molar-refractivity contribution in [3.05, 3.63) is 64.9 Å². The van der Waals surface area contributed by atoms with Crippen LogP contribution < -0.4 is 4.72 Å². The van der Waals surface area contributed by atoms with E-state index in [9.17, 15) is 8.42 Å². The van der Waals surface area contributed by atoms with E-state index in [2.05, 4.69) is 20.2 Å². The molecule has 0 bridgehead atoms. The molecule has 0 amide bonds. The Morgan fingerprint density at radius 1 is 1.21 bits per heavy atom. The number of aryl methyl sites for hydroxylation is 1. The number of sulfonamides is 1. The van der Waals surface area contributed by atoms with Gasteiger partial charge in [0.15, 0.2) is 0 Å². The normalized spacial score (nSPS) is 11.6. The maximum absolute atomic E-state index is 12.5. The molecule has 0 fully saturated rings. The van der Waals surface area contributed by atoms with E-state index in [-0.39, 0.29) is 11.4 Å². The Kier molecular flexibility index (Phi) is 4.61. The summed E-state index contributed by atoms with van der Waals surface area (Å²) in [7, 11) is -3.65. The molecule has 124 valence electrons. The Balaban J connectivity index is 1.82. The number of hydrogen-bond donors (Lipinski definition) is 1. The van der Waals surface area contributed by atoms with Crippen LogP contribution >= 0.6 is 11.6 Å². The molecule has 0 radical (unpaired) electrons. The highest BCUT2D eigenvalue weighted by atomic mass is 35.5. The van der Waals surface area contributed by atoms with Gasteiger partial charge in [0.2, 0.25) is 10.0 Å². The smallest absolute Gasteiger partial charge is 0.207 e. The first-order valence-electron chi connectivity index (χ1n) is 7.04. The minimum absolute atomic E-state index is 0.121. The van der Waals surface area contributed by atoms with E-state index < -0.39 is 10.0 Å². The monoisotopic (exact) mass is 363 g/mol. The lowest BCUT2D eigenvalue weighted by atomic mass is 10.2. The van der Waals surface area contributed by atoms with Crippen molar-refractivity contribution in [2.75, 3.05) is 0 Å². The van der Waals surface area contributed by atoms with E-state index in [1.165, 1.54) is 17.1 Å². The largest absolute Gasteiger partial charge is 0.240 e. The number of nitrogens with one attached hydrogen (secondary N) is 1. The Labute approximate surface area is 144 Å². The van der Waals surface area contributed by atoms with Crippen LogP contribution in [-0.4, -0.2) is 28.6 Å². The summed E-state index contributed by atoms with van der Waals surface area (Å²) in [5.41, 5.74) is 2.16. The summed E-state index contributed by atoms with van der Waals surface area (Å²) >= 11 is 6.05. The van der Waals surface area contributed by atoms with Crippen LogP contribution in [0.15, 0.2) is 53.7 Å². The number of benzene rings is 2.